The molecule has 0 aliphatic carbocycles. The molecule has 22 heavy (non-hydrogen) atoms. The number of nitrogens with one attached hydrogen (secondary N) is 2. The lowest BCUT2D eigenvalue weighted by Gasteiger charge is -2.11. The van der Waals surface area contributed by atoms with E-state index in [2.05, 4.69) is 26.5 Å². The lowest BCUT2D eigenvalue weighted by atomic mass is 10.2. The van der Waals surface area contributed by atoms with Crippen molar-refractivity contribution in [3.05, 3.63) is 52.3 Å². The zero-order valence-corrected chi connectivity index (χ0v) is 14.4. The number of rotatable bonds is 4. The zero-order chi connectivity index (χ0) is 16.1. The summed E-state index contributed by atoms with van der Waals surface area (Å²) in [5, 5.41) is 8.38. The molecule has 1 aromatic carbocycles. The first kappa shape index (κ1) is 16.5. The van der Waals surface area contributed by atoms with Gasteiger partial charge >= 0.3 is 0 Å². The van der Waals surface area contributed by atoms with Gasteiger partial charge in [-0.25, -0.2) is 0 Å². The summed E-state index contributed by atoms with van der Waals surface area (Å²) in [7, 11) is 0. The molecule has 1 aromatic heterocycles. The van der Waals surface area contributed by atoms with Gasteiger partial charge in [0.1, 0.15) is 0 Å². The number of aryl methyl sites for hydroxylation is 1. The van der Waals surface area contributed by atoms with Crippen molar-refractivity contribution in [2.75, 3.05) is 6.54 Å². The van der Waals surface area contributed by atoms with E-state index in [4.69, 9.17) is 23.8 Å². The quantitative estimate of drug-likeness (QED) is 0.510. The maximum Gasteiger partial charge on any atom is 0.186 e. The fourth-order valence-corrected chi connectivity index (χ4v) is 2.70. The van der Waals surface area contributed by atoms with Gasteiger partial charge in [0.15, 0.2) is 5.11 Å². The van der Waals surface area contributed by atoms with E-state index in [1.54, 1.807) is 6.21 Å². The van der Waals surface area contributed by atoms with Gasteiger partial charge in [-0.2, -0.15) is 5.10 Å². The topological polar surface area (TPSA) is 41.4 Å². The second kappa shape index (κ2) is 7.42. The van der Waals surface area contributed by atoms with Crippen molar-refractivity contribution in [2.45, 2.75) is 20.8 Å². The van der Waals surface area contributed by atoms with Crippen LogP contribution in [0.5, 0.6) is 0 Å². The molecular formula is C16H19ClN4S. The minimum atomic E-state index is 0.513. The molecular weight excluding hydrogens is 316 g/mol. The molecule has 0 saturated heterocycles. The summed E-state index contributed by atoms with van der Waals surface area (Å²) in [4.78, 5) is 0. The third-order valence-corrected chi connectivity index (χ3v) is 3.83. The second-order valence-electron chi connectivity index (χ2n) is 4.84. The van der Waals surface area contributed by atoms with Crippen LogP contribution in [0.2, 0.25) is 5.02 Å². The average molecular weight is 335 g/mol. The standard InChI is InChI=1S/C16H19ClN4S/c1-4-18-16(22)20-19-10-13-9-11(2)21(12(13)3)15-8-6-5-7-14(15)17/h5-10H,4H2,1-3H3,(H2,18,20,22). The average Bonchev–Trinajstić information content (AvgIpc) is 2.75. The van der Waals surface area contributed by atoms with E-state index >= 15 is 0 Å². The molecule has 0 aliphatic heterocycles. The summed E-state index contributed by atoms with van der Waals surface area (Å²) in [6, 6.07) is 9.86. The van der Waals surface area contributed by atoms with Crippen LogP contribution < -0.4 is 10.7 Å². The molecule has 0 unspecified atom stereocenters. The SMILES string of the molecule is CCNC(=S)NN=Cc1cc(C)n(-c2ccccc2Cl)c1C. The van der Waals surface area contributed by atoms with Gasteiger partial charge in [0.25, 0.3) is 0 Å². The molecule has 0 aliphatic rings. The van der Waals surface area contributed by atoms with Crippen LogP contribution in [0.15, 0.2) is 35.4 Å². The fourth-order valence-electron chi connectivity index (χ4n) is 2.28. The minimum Gasteiger partial charge on any atom is -0.362 e. The van der Waals surface area contributed by atoms with Gasteiger partial charge in [-0.15, -0.1) is 0 Å². The first-order valence-corrected chi connectivity index (χ1v) is 7.84. The Kier molecular flexibility index (Phi) is 5.57. The zero-order valence-electron chi connectivity index (χ0n) is 12.9. The van der Waals surface area contributed by atoms with Gasteiger partial charge in [0.2, 0.25) is 0 Å². The van der Waals surface area contributed by atoms with Gasteiger partial charge in [-0.1, -0.05) is 23.7 Å². The van der Waals surface area contributed by atoms with E-state index in [9.17, 15) is 0 Å². The Labute approximate surface area is 141 Å². The molecule has 6 heteroatoms. The summed E-state index contributed by atoms with van der Waals surface area (Å²) < 4.78 is 2.12. The van der Waals surface area contributed by atoms with E-state index in [1.165, 1.54) is 0 Å². The van der Waals surface area contributed by atoms with Crippen LogP contribution in [0, 0.1) is 13.8 Å². The summed E-state index contributed by atoms with van der Waals surface area (Å²) in [6.07, 6.45) is 1.76. The number of hydrogen-bond donors (Lipinski definition) is 2. The van der Waals surface area contributed by atoms with Crippen LogP contribution in [0.25, 0.3) is 5.69 Å². The molecule has 0 amide bonds. The van der Waals surface area contributed by atoms with Crippen LogP contribution in [-0.2, 0) is 0 Å². The maximum absolute atomic E-state index is 6.30. The summed E-state index contributed by atoms with van der Waals surface area (Å²) in [5.74, 6) is 0. The Hall–Kier alpha value is -1.85. The number of hydrazone groups is 1. The lowest BCUT2D eigenvalue weighted by molar-refractivity contribution is 0.903. The predicted molar refractivity (Wildman–Crippen MR) is 97.3 cm³/mol. The minimum absolute atomic E-state index is 0.513. The van der Waals surface area contributed by atoms with Crippen LogP contribution in [0.3, 0.4) is 0 Å². The molecule has 0 spiro atoms. The Morgan fingerprint density at radius 3 is 2.77 bits per heavy atom. The number of nitrogens with zero attached hydrogens (tertiary/aromatic N) is 2. The molecule has 0 saturated carbocycles. The molecule has 1 heterocycles. The van der Waals surface area contributed by atoms with Crippen molar-refractivity contribution < 1.29 is 0 Å². The lowest BCUT2D eigenvalue weighted by Crippen LogP contribution is -2.31. The summed E-state index contributed by atoms with van der Waals surface area (Å²) >= 11 is 11.4. The van der Waals surface area contributed by atoms with Crippen molar-refractivity contribution >= 4 is 35.1 Å². The van der Waals surface area contributed by atoms with Crippen LogP contribution in [0.1, 0.15) is 23.9 Å². The third kappa shape index (κ3) is 3.67. The van der Waals surface area contributed by atoms with Crippen LogP contribution in [0.4, 0.5) is 0 Å². The summed E-state index contributed by atoms with van der Waals surface area (Å²) in [6.45, 7) is 6.84. The van der Waals surface area contributed by atoms with Crippen molar-refractivity contribution in [2.24, 2.45) is 5.10 Å². The van der Waals surface area contributed by atoms with Gasteiger partial charge < -0.3 is 9.88 Å². The van der Waals surface area contributed by atoms with Gasteiger partial charge in [0.05, 0.1) is 16.9 Å². The fraction of sp³-hybridized carbons (Fsp3) is 0.250. The number of aromatic nitrogens is 1. The van der Waals surface area contributed by atoms with Crippen molar-refractivity contribution in [3.63, 3.8) is 0 Å². The highest BCUT2D eigenvalue weighted by Crippen LogP contribution is 2.25. The molecule has 4 nitrogen and oxygen atoms in total. The van der Waals surface area contributed by atoms with E-state index < -0.39 is 0 Å². The van der Waals surface area contributed by atoms with Crippen LogP contribution >= 0.6 is 23.8 Å². The van der Waals surface area contributed by atoms with E-state index in [-0.39, 0.29) is 0 Å². The molecule has 2 aromatic rings. The monoisotopic (exact) mass is 334 g/mol. The maximum atomic E-state index is 6.30. The number of halogens is 1. The highest BCUT2D eigenvalue weighted by molar-refractivity contribution is 7.80. The van der Waals surface area contributed by atoms with Crippen molar-refractivity contribution in [1.29, 1.82) is 0 Å². The highest BCUT2D eigenvalue weighted by Gasteiger charge is 2.11. The van der Waals surface area contributed by atoms with Gasteiger partial charge in [-0.05, 0) is 51.2 Å². The van der Waals surface area contributed by atoms with Crippen molar-refractivity contribution in [1.82, 2.24) is 15.3 Å². The smallest absolute Gasteiger partial charge is 0.186 e. The first-order chi connectivity index (χ1) is 10.5. The van der Waals surface area contributed by atoms with E-state index in [0.29, 0.717) is 5.11 Å². The normalized spacial score (nSPS) is 10.9. The number of para-hydroxylation sites is 1. The molecule has 0 bridgehead atoms. The Bertz CT molecular complexity index is 706. The largest absolute Gasteiger partial charge is 0.362 e. The molecule has 0 radical (unpaired) electrons. The Balaban J connectivity index is 2.26. The first-order valence-electron chi connectivity index (χ1n) is 7.05. The molecule has 116 valence electrons. The molecule has 0 atom stereocenters. The molecule has 2 rings (SSSR count). The Morgan fingerprint density at radius 2 is 2.09 bits per heavy atom. The van der Waals surface area contributed by atoms with Crippen LogP contribution in [-0.4, -0.2) is 22.4 Å². The van der Waals surface area contributed by atoms with Gasteiger partial charge in [0, 0.05) is 23.5 Å². The third-order valence-electron chi connectivity index (χ3n) is 3.27. The second-order valence-corrected chi connectivity index (χ2v) is 5.66. The number of benzene rings is 1. The number of hydrogen-bond acceptors (Lipinski definition) is 2. The van der Waals surface area contributed by atoms with E-state index in [1.807, 2.05) is 45.0 Å². The predicted octanol–water partition coefficient (Wildman–Crippen LogP) is 3.57. The Morgan fingerprint density at radius 1 is 1.36 bits per heavy atom. The van der Waals surface area contributed by atoms with Gasteiger partial charge in [-0.3, -0.25) is 5.43 Å². The number of thiocarbonyl (C=S) groups is 1. The van der Waals surface area contributed by atoms with Crippen molar-refractivity contribution in [3.8, 4) is 5.69 Å². The molecule has 0 fully saturated rings. The van der Waals surface area contributed by atoms with E-state index in [0.717, 1.165) is 34.2 Å². The highest BCUT2D eigenvalue weighted by atomic mass is 35.5. The summed E-state index contributed by atoms with van der Waals surface area (Å²) in [5.41, 5.74) is 6.95. The molecule has 2 N–H and O–H groups in total.